The van der Waals surface area contributed by atoms with Crippen LogP contribution in [0.25, 0.3) is 0 Å². The van der Waals surface area contributed by atoms with Gasteiger partial charge in [0.1, 0.15) is 0 Å². The highest BCUT2D eigenvalue weighted by atomic mass is 15.1. The average molecular weight is 283 g/mol. The molecule has 1 N–H and O–H groups in total. The van der Waals surface area contributed by atoms with Crippen molar-refractivity contribution in [1.29, 1.82) is 0 Å². The van der Waals surface area contributed by atoms with Crippen molar-refractivity contribution in [2.45, 2.75) is 33.7 Å². The molecule has 0 bridgehead atoms. The number of nitrogens with zero attached hydrogens (tertiary/aromatic N) is 2. The van der Waals surface area contributed by atoms with Crippen molar-refractivity contribution in [1.82, 2.24) is 10.3 Å². The first kappa shape index (κ1) is 15.5. The van der Waals surface area contributed by atoms with Crippen LogP contribution in [0.2, 0.25) is 0 Å². The van der Waals surface area contributed by atoms with E-state index in [9.17, 15) is 0 Å². The van der Waals surface area contributed by atoms with Crippen LogP contribution in [-0.4, -0.2) is 18.6 Å². The van der Waals surface area contributed by atoms with Crippen molar-refractivity contribution >= 4 is 11.4 Å². The summed E-state index contributed by atoms with van der Waals surface area (Å²) >= 11 is 0. The zero-order chi connectivity index (χ0) is 15.2. The van der Waals surface area contributed by atoms with Crippen molar-refractivity contribution in [2.24, 2.45) is 0 Å². The molecular formula is C18H25N3. The topological polar surface area (TPSA) is 28.2 Å². The largest absolute Gasteiger partial charge is 0.344 e. The Balaban J connectivity index is 2.27. The number of aromatic nitrogens is 1. The zero-order valence-electron chi connectivity index (χ0n) is 13.5. The lowest BCUT2D eigenvalue weighted by Gasteiger charge is -2.24. The van der Waals surface area contributed by atoms with Gasteiger partial charge in [0.05, 0.1) is 0 Å². The average Bonchev–Trinajstić information content (AvgIpc) is 2.47. The molecule has 2 rings (SSSR count). The summed E-state index contributed by atoms with van der Waals surface area (Å²) in [6, 6.07) is 8.66. The minimum absolute atomic E-state index is 0.853. The molecule has 0 aliphatic rings. The van der Waals surface area contributed by atoms with Crippen LogP contribution in [0.3, 0.4) is 0 Å². The standard InChI is InChI=1S/C18H25N3/c1-5-9-19-12-16-13-20-10-8-18(16)21(4)17-7-6-14(2)11-15(17)3/h6-8,10-11,13,19H,5,9,12H2,1-4H3. The Morgan fingerprint density at radius 2 is 1.95 bits per heavy atom. The summed E-state index contributed by atoms with van der Waals surface area (Å²) in [6.07, 6.45) is 4.96. The van der Waals surface area contributed by atoms with Crippen LogP contribution in [0.4, 0.5) is 11.4 Å². The molecule has 0 fully saturated rings. The van der Waals surface area contributed by atoms with Crippen LogP contribution in [0.15, 0.2) is 36.7 Å². The highest BCUT2D eigenvalue weighted by Crippen LogP contribution is 2.29. The first-order valence-corrected chi connectivity index (χ1v) is 7.58. The van der Waals surface area contributed by atoms with Gasteiger partial charge in [0.2, 0.25) is 0 Å². The quantitative estimate of drug-likeness (QED) is 0.813. The SMILES string of the molecule is CCCNCc1cnccc1N(C)c1ccc(C)cc1C. The van der Waals surface area contributed by atoms with Crippen LogP contribution < -0.4 is 10.2 Å². The molecule has 0 aliphatic heterocycles. The molecule has 3 nitrogen and oxygen atoms in total. The zero-order valence-corrected chi connectivity index (χ0v) is 13.5. The van der Waals surface area contributed by atoms with Gasteiger partial charge >= 0.3 is 0 Å². The summed E-state index contributed by atoms with van der Waals surface area (Å²) in [4.78, 5) is 6.52. The molecule has 0 unspecified atom stereocenters. The lowest BCUT2D eigenvalue weighted by Crippen LogP contribution is -2.18. The van der Waals surface area contributed by atoms with Crippen LogP contribution >= 0.6 is 0 Å². The van der Waals surface area contributed by atoms with Gasteiger partial charge in [0, 0.05) is 42.9 Å². The minimum Gasteiger partial charge on any atom is -0.344 e. The van der Waals surface area contributed by atoms with E-state index in [1.165, 1.54) is 28.1 Å². The second-order valence-electron chi connectivity index (χ2n) is 5.53. The van der Waals surface area contributed by atoms with Gasteiger partial charge in [-0.2, -0.15) is 0 Å². The third-order valence-electron chi connectivity index (χ3n) is 3.70. The Morgan fingerprint density at radius 1 is 1.14 bits per heavy atom. The number of hydrogen-bond acceptors (Lipinski definition) is 3. The number of aryl methyl sites for hydroxylation is 2. The Hall–Kier alpha value is -1.87. The van der Waals surface area contributed by atoms with Gasteiger partial charge in [-0.25, -0.2) is 0 Å². The van der Waals surface area contributed by atoms with Gasteiger partial charge in [0.15, 0.2) is 0 Å². The van der Waals surface area contributed by atoms with Crippen LogP contribution in [0.5, 0.6) is 0 Å². The number of benzene rings is 1. The van der Waals surface area contributed by atoms with Crippen LogP contribution in [0.1, 0.15) is 30.0 Å². The van der Waals surface area contributed by atoms with E-state index in [-0.39, 0.29) is 0 Å². The molecule has 1 heterocycles. The molecule has 0 saturated heterocycles. The van der Waals surface area contributed by atoms with Crippen molar-refractivity contribution in [3.05, 3.63) is 53.3 Å². The highest BCUT2D eigenvalue weighted by Gasteiger charge is 2.11. The lowest BCUT2D eigenvalue weighted by molar-refractivity contribution is 0.674. The Kier molecular flexibility index (Phi) is 5.34. The van der Waals surface area contributed by atoms with Gasteiger partial charge in [0.25, 0.3) is 0 Å². The molecule has 0 aliphatic carbocycles. The fraction of sp³-hybridized carbons (Fsp3) is 0.389. The van der Waals surface area contributed by atoms with Crippen molar-refractivity contribution in [3.63, 3.8) is 0 Å². The maximum absolute atomic E-state index is 4.27. The maximum atomic E-state index is 4.27. The van der Waals surface area contributed by atoms with E-state index >= 15 is 0 Å². The van der Waals surface area contributed by atoms with E-state index in [0.717, 1.165) is 19.5 Å². The predicted octanol–water partition coefficient (Wildman–Crippen LogP) is 3.97. The first-order chi connectivity index (χ1) is 10.1. The molecule has 0 amide bonds. The van der Waals surface area contributed by atoms with Crippen molar-refractivity contribution in [3.8, 4) is 0 Å². The molecule has 0 saturated carbocycles. The summed E-state index contributed by atoms with van der Waals surface area (Å²) in [5.74, 6) is 0. The van der Waals surface area contributed by atoms with Gasteiger partial charge in [-0.15, -0.1) is 0 Å². The van der Waals surface area contributed by atoms with Crippen LogP contribution in [-0.2, 0) is 6.54 Å². The van der Waals surface area contributed by atoms with Gasteiger partial charge in [-0.3, -0.25) is 4.98 Å². The minimum atomic E-state index is 0.853. The number of nitrogens with one attached hydrogen (secondary N) is 1. The molecule has 2 aromatic rings. The van der Waals surface area contributed by atoms with Crippen molar-refractivity contribution < 1.29 is 0 Å². The maximum Gasteiger partial charge on any atom is 0.0484 e. The van der Waals surface area contributed by atoms with E-state index < -0.39 is 0 Å². The molecule has 1 aromatic carbocycles. The molecule has 112 valence electrons. The molecule has 0 atom stereocenters. The van der Waals surface area contributed by atoms with E-state index in [0.29, 0.717) is 0 Å². The highest BCUT2D eigenvalue weighted by molar-refractivity contribution is 5.68. The third kappa shape index (κ3) is 3.82. The monoisotopic (exact) mass is 283 g/mol. The first-order valence-electron chi connectivity index (χ1n) is 7.58. The Bertz CT molecular complexity index is 593. The number of hydrogen-bond donors (Lipinski definition) is 1. The Labute approximate surface area is 128 Å². The van der Waals surface area contributed by atoms with E-state index in [2.05, 4.69) is 67.3 Å². The molecule has 1 aromatic heterocycles. The molecule has 21 heavy (non-hydrogen) atoms. The lowest BCUT2D eigenvalue weighted by atomic mass is 10.1. The molecule has 3 heteroatoms. The van der Waals surface area contributed by atoms with Crippen molar-refractivity contribution in [2.75, 3.05) is 18.5 Å². The van der Waals surface area contributed by atoms with Crippen LogP contribution in [0, 0.1) is 13.8 Å². The molecule has 0 spiro atoms. The Morgan fingerprint density at radius 3 is 2.67 bits per heavy atom. The van der Waals surface area contributed by atoms with Gasteiger partial charge in [-0.05, 0) is 44.5 Å². The smallest absolute Gasteiger partial charge is 0.0484 e. The van der Waals surface area contributed by atoms with Gasteiger partial charge in [-0.1, -0.05) is 24.6 Å². The summed E-state index contributed by atoms with van der Waals surface area (Å²) in [5.41, 5.74) is 6.27. The normalized spacial score (nSPS) is 10.7. The predicted molar refractivity (Wildman–Crippen MR) is 90.2 cm³/mol. The third-order valence-corrected chi connectivity index (χ3v) is 3.70. The summed E-state index contributed by atoms with van der Waals surface area (Å²) in [6.45, 7) is 8.35. The summed E-state index contributed by atoms with van der Waals surface area (Å²) in [5, 5.41) is 3.46. The molecular weight excluding hydrogens is 258 g/mol. The van der Waals surface area contributed by atoms with E-state index in [1.54, 1.807) is 0 Å². The number of anilines is 2. The second-order valence-corrected chi connectivity index (χ2v) is 5.53. The fourth-order valence-electron chi connectivity index (χ4n) is 2.59. The molecule has 0 radical (unpaired) electrons. The number of rotatable bonds is 6. The number of pyridine rings is 1. The fourth-order valence-corrected chi connectivity index (χ4v) is 2.59. The van der Waals surface area contributed by atoms with Gasteiger partial charge < -0.3 is 10.2 Å². The second kappa shape index (κ2) is 7.23. The van der Waals surface area contributed by atoms with E-state index in [4.69, 9.17) is 0 Å². The summed E-state index contributed by atoms with van der Waals surface area (Å²) < 4.78 is 0. The van der Waals surface area contributed by atoms with E-state index in [1.807, 2.05) is 12.4 Å². The summed E-state index contributed by atoms with van der Waals surface area (Å²) in [7, 11) is 2.12.